The van der Waals surface area contributed by atoms with Gasteiger partial charge >= 0.3 is 86.5 Å². The zero-order chi connectivity index (χ0) is 10.6. The van der Waals surface area contributed by atoms with Gasteiger partial charge in [0.15, 0.2) is 0 Å². The third kappa shape index (κ3) is 4.01. The van der Waals surface area contributed by atoms with E-state index in [4.69, 9.17) is 30.6 Å². The minimum atomic E-state index is -1.69. The van der Waals surface area contributed by atoms with E-state index in [0.717, 1.165) is 0 Å². The standard InChI is InChI=1S/C6H13O6.Ti/c7-1-3(9)5(11)6(12)4(10)2-8;/h1,3-12H,2H2;/t3-,4-,5-,6-;/m1./s1. The van der Waals surface area contributed by atoms with E-state index >= 15 is 0 Å². The van der Waals surface area contributed by atoms with Crippen molar-refractivity contribution < 1.29 is 51.1 Å². The topological polar surface area (TPSA) is 121 Å². The summed E-state index contributed by atoms with van der Waals surface area (Å²) in [4.78, 5) is 0. The van der Waals surface area contributed by atoms with Crippen LogP contribution in [0.2, 0.25) is 0 Å². The molecular weight excluding hydrogens is 216 g/mol. The molecule has 1 unspecified atom stereocenters. The molecule has 0 aliphatic heterocycles. The molecule has 0 aliphatic rings. The molecule has 0 aromatic heterocycles. The van der Waals surface area contributed by atoms with Gasteiger partial charge in [0.05, 0.1) is 0 Å². The molecule has 0 heterocycles. The minimum absolute atomic E-state index is 0.731. The van der Waals surface area contributed by atoms with Crippen LogP contribution in [0.5, 0.6) is 0 Å². The fourth-order valence-electron chi connectivity index (χ4n) is 0.724. The maximum absolute atomic E-state index is 9.13. The van der Waals surface area contributed by atoms with E-state index in [-0.39, 0.29) is 0 Å². The van der Waals surface area contributed by atoms with Crippen LogP contribution in [0.25, 0.3) is 0 Å². The van der Waals surface area contributed by atoms with Crippen molar-refractivity contribution in [1.82, 2.24) is 0 Å². The molecule has 7 heteroatoms. The van der Waals surface area contributed by atoms with Gasteiger partial charge in [-0.3, -0.25) is 0 Å². The Kier molecular flexibility index (Phi) is 6.27. The molecule has 0 aromatic carbocycles. The number of aliphatic hydroxyl groups is 6. The average Bonchev–Trinajstić information content (AvgIpc) is 2.12. The molecule has 0 fully saturated rings. The average molecular weight is 229 g/mol. The number of aliphatic hydroxyl groups excluding tert-OH is 6. The van der Waals surface area contributed by atoms with Crippen molar-refractivity contribution in [2.24, 2.45) is 0 Å². The van der Waals surface area contributed by atoms with Gasteiger partial charge in [-0.1, -0.05) is 0 Å². The number of hydrogen-bond donors (Lipinski definition) is 6. The van der Waals surface area contributed by atoms with E-state index in [2.05, 4.69) is 0 Å². The summed E-state index contributed by atoms with van der Waals surface area (Å²) in [5, 5.41) is 53.4. The van der Waals surface area contributed by atoms with Crippen LogP contribution in [0.1, 0.15) is 0 Å². The first-order valence-corrected chi connectivity index (χ1v) is 4.54. The summed E-state index contributed by atoms with van der Waals surface area (Å²) in [6, 6.07) is 0. The van der Waals surface area contributed by atoms with Crippen molar-refractivity contribution in [3.8, 4) is 0 Å². The molecule has 77 valence electrons. The molecule has 0 saturated carbocycles. The Morgan fingerprint density at radius 2 is 1.31 bits per heavy atom. The van der Waals surface area contributed by atoms with Crippen molar-refractivity contribution in [2.45, 2.75) is 28.8 Å². The van der Waals surface area contributed by atoms with Gasteiger partial charge in [-0.15, -0.1) is 0 Å². The van der Waals surface area contributed by atoms with Crippen LogP contribution < -0.4 is 0 Å². The first-order chi connectivity index (χ1) is 5.91. The van der Waals surface area contributed by atoms with Gasteiger partial charge in [0.1, 0.15) is 0 Å². The molecule has 13 heavy (non-hydrogen) atoms. The zero-order valence-electron chi connectivity index (χ0n) is 6.78. The van der Waals surface area contributed by atoms with Crippen molar-refractivity contribution in [3.63, 3.8) is 0 Å². The van der Waals surface area contributed by atoms with Gasteiger partial charge < -0.3 is 0 Å². The summed E-state index contributed by atoms with van der Waals surface area (Å²) in [5.41, 5.74) is 0. The zero-order valence-corrected chi connectivity index (χ0v) is 8.34. The molecule has 0 rings (SSSR count). The molecular formula is C6H13O6Ti. The molecule has 0 aliphatic carbocycles. The van der Waals surface area contributed by atoms with E-state index in [0.29, 0.717) is 0 Å². The van der Waals surface area contributed by atoms with Gasteiger partial charge in [-0.25, -0.2) is 0 Å². The third-order valence-electron chi connectivity index (χ3n) is 1.60. The number of rotatable bonds is 5. The van der Waals surface area contributed by atoms with Crippen LogP contribution in [-0.2, 0) is 20.4 Å². The van der Waals surface area contributed by atoms with E-state index in [1.807, 2.05) is 0 Å². The molecule has 0 amide bonds. The van der Waals surface area contributed by atoms with Gasteiger partial charge in [-0.2, -0.15) is 0 Å². The van der Waals surface area contributed by atoms with Crippen LogP contribution in [0.4, 0.5) is 0 Å². The fourth-order valence-corrected chi connectivity index (χ4v) is 1.03. The van der Waals surface area contributed by atoms with Crippen molar-refractivity contribution in [1.29, 1.82) is 0 Å². The Balaban J connectivity index is 4.15. The molecule has 6 N–H and O–H groups in total. The van der Waals surface area contributed by atoms with Crippen molar-refractivity contribution in [2.75, 3.05) is 6.61 Å². The van der Waals surface area contributed by atoms with Crippen LogP contribution in [0, 0.1) is 0 Å². The Labute approximate surface area is 86.9 Å². The van der Waals surface area contributed by atoms with Gasteiger partial charge in [-0.05, 0) is 0 Å². The van der Waals surface area contributed by atoms with Crippen molar-refractivity contribution >= 4 is 0 Å². The second kappa shape index (κ2) is 6.05. The van der Waals surface area contributed by atoms with Crippen LogP contribution in [-0.4, -0.2) is 66.1 Å². The van der Waals surface area contributed by atoms with Crippen LogP contribution >= 0.6 is 0 Å². The molecule has 0 bridgehead atoms. The first-order valence-electron chi connectivity index (χ1n) is 3.64. The van der Waals surface area contributed by atoms with Crippen molar-refractivity contribution in [3.05, 3.63) is 0 Å². The van der Waals surface area contributed by atoms with E-state index < -0.39 is 35.4 Å². The number of hydrogen-bond acceptors (Lipinski definition) is 6. The maximum atomic E-state index is 9.13. The molecule has 0 spiro atoms. The summed E-state index contributed by atoms with van der Waals surface area (Å²) in [5.74, 6) is 0. The van der Waals surface area contributed by atoms with Crippen LogP contribution in [0.3, 0.4) is 0 Å². The predicted molar refractivity (Wildman–Crippen MR) is 37.1 cm³/mol. The normalized spacial score (nSPS) is 23.2. The molecule has 0 radical (unpaired) electrons. The summed E-state index contributed by atoms with van der Waals surface area (Å²) < 4.78 is -1.23. The second-order valence-corrected chi connectivity index (χ2v) is 3.59. The summed E-state index contributed by atoms with van der Waals surface area (Å²) in [7, 11) is 0. The van der Waals surface area contributed by atoms with Gasteiger partial charge in [0.2, 0.25) is 0 Å². The Bertz CT molecular complexity index is 143. The third-order valence-corrected chi connectivity index (χ3v) is 2.14. The second-order valence-electron chi connectivity index (χ2n) is 2.67. The SMILES string of the molecule is OC[C@@H](O)[C@@H](O)[C@H](O)[C@H](O)[CH](O)[Ti]. The van der Waals surface area contributed by atoms with Crippen LogP contribution in [0.15, 0.2) is 0 Å². The monoisotopic (exact) mass is 229 g/mol. The summed E-state index contributed by atoms with van der Waals surface area (Å²) in [6.07, 6.45) is -6.48. The Morgan fingerprint density at radius 3 is 1.62 bits per heavy atom. The van der Waals surface area contributed by atoms with E-state index in [1.165, 1.54) is 20.4 Å². The Hall–Kier alpha value is 0.474. The quantitative estimate of drug-likeness (QED) is 0.270. The fraction of sp³-hybridized carbons (Fsp3) is 1.00. The summed E-state index contributed by atoms with van der Waals surface area (Å²) in [6.45, 7) is -0.731. The molecule has 0 saturated heterocycles. The Morgan fingerprint density at radius 1 is 0.846 bits per heavy atom. The predicted octanol–water partition coefficient (Wildman–Crippen LogP) is -3.71. The summed E-state index contributed by atoms with van der Waals surface area (Å²) >= 11 is 1.23. The first kappa shape index (κ1) is 13.5. The van der Waals surface area contributed by atoms with E-state index in [9.17, 15) is 0 Å². The van der Waals surface area contributed by atoms with Gasteiger partial charge in [0, 0.05) is 0 Å². The van der Waals surface area contributed by atoms with Gasteiger partial charge in [0.25, 0.3) is 0 Å². The molecule has 0 aromatic rings. The molecule has 5 atom stereocenters. The van der Waals surface area contributed by atoms with E-state index in [1.54, 1.807) is 0 Å². The molecule has 6 nitrogen and oxygen atoms in total.